The van der Waals surface area contributed by atoms with Gasteiger partial charge in [0.05, 0.1) is 29.5 Å². The Morgan fingerprint density at radius 2 is 1.87 bits per heavy atom. The van der Waals surface area contributed by atoms with E-state index in [1.807, 2.05) is 17.0 Å². The summed E-state index contributed by atoms with van der Waals surface area (Å²) < 4.78 is 0. The van der Waals surface area contributed by atoms with Gasteiger partial charge in [-0.05, 0) is 30.7 Å². The molecule has 4 rings (SSSR count). The number of carbonyl (C=O) groups excluding carboxylic acids is 2. The lowest BCUT2D eigenvalue weighted by atomic mass is 10.1. The van der Waals surface area contributed by atoms with Crippen molar-refractivity contribution >= 4 is 17.5 Å². The minimum Gasteiger partial charge on any atom is -0.333 e. The maximum absolute atomic E-state index is 12.7. The van der Waals surface area contributed by atoms with Gasteiger partial charge in [-0.15, -0.1) is 0 Å². The second-order valence-electron chi connectivity index (χ2n) is 5.84. The van der Waals surface area contributed by atoms with Crippen LogP contribution in [0.15, 0.2) is 49.1 Å². The normalized spacial score (nSPS) is 23.2. The summed E-state index contributed by atoms with van der Waals surface area (Å²) in [5, 5.41) is 0. The second kappa shape index (κ2) is 5.46. The van der Waals surface area contributed by atoms with Crippen LogP contribution in [0, 0.1) is 0 Å². The molecule has 6 heteroatoms. The summed E-state index contributed by atoms with van der Waals surface area (Å²) in [4.78, 5) is 36.8. The predicted octanol–water partition coefficient (Wildman–Crippen LogP) is 1.50. The summed E-state index contributed by atoms with van der Waals surface area (Å²) in [5.74, 6) is 0.00289. The summed E-state index contributed by atoms with van der Waals surface area (Å²) in [6.45, 7) is 0.660. The van der Waals surface area contributed by atoms with Crippen molar-refractivity contribution in [3.05, 3.63) is 54.6 Å². The highest BCUT2D eigenvalue weighted by Gasteiger charge is 2.49. The first-order valence-corrected chi connectivity index (χ1v) is 7.69. The van der Waals surface area contributed by atoms with Gasteiger partial charge in [0.1, 0.15) is 0 Å². The number of pyridine rings is 2. The Labute approximate surface area is 133 Å². The maximum Gasteiger partial charge on any atom is 0.255 e. The second-order valence-corrected chi connectivity index (χ2v) is 5.84. The summed E-state index contributed by atoms with van der Waals surface area (Å²) in [7, 11) is 0. The molecule has 2 aliphatic rings. The average Bonchev–Trinajstić information content (AvgIpc) is 3.13. The van der Waals surface area contributed by atoms with Crippen LogP contribution in [0.1, 0.15) is 23.2 Å². The van der Waals surface area contributed by atoms with Gasteiger partial charge >= 0.3 is 0 Å². The van der Waals surface area contributed by atoms with Crippen LogP contribution in [0.3, 0.4) is 0 Å². The molecular weight excluding hydrogens is 292 g/mol. The molecule has 0 saturated carbocycles. The van der Waals surface area contributed by atoms with E-state index in [0.717, 1.165) is 12.1 Å². The molecule has 0 radical (unpaired) electrons. The van der Waals surface area contributed by atoms with Crippen molar-refractivity contribution in [2.75, 3.05) is 11.4 Å². The smallest absolute Gasteiger partial charge is 0.255 e. The lowest BCUT2D eigenvalue weighted by Gasteiger charge is -2.25. The van der Waals surface area contributed by atoms with Crippen molar-refractivity contribution in [2.45, 2.75) is 24.9 Å². The van der Waals surface area contributed by atoms with Crippen molar-refractivity contribution in [1.29, 1.82) is 0 Å². The van der Waals surface area contributed by atoms with Crippen LogP contribution in [0.4, 0.5) is 5.69 Å². The molecule has 0 spiro atoms. The Bertz CT molecular complexity index is 735. The third kappa shape index (κ3) is 2.27. The van der Waals surface area contributed by atoms with E-state index in [4.69, 9.17) is 0 Å². The third-order valence-corrected chi connectivity index (χ3v) is 4.59. The average molecular weight is 308 g/mol. The quantitative estimate of drug-likeness (QED) is 0.843. The Balaban J connectivity index is 1.60. The lowest BCUT2D eigenvalue weighted by Crippen LogP contribution is -2.40. The zero-order valence-electron chi connectivity index (χ0n) is 12.5. The highest BCUT2D eigenvalue weighted by Crippen LogP contribution is 2.36. The molecule has 2 aromatic heterocycles. The first-order valence-electron chi connectivity index (χ1n) is 7.69. The van der Waals surface area contributed by atoms with Gasteiger partial charge in [0.2, 0.25) is 5.91 Å². The van der Waals surface area contributed by atoms with Gasteiger partial charge in [-0.1, -0.05) is 0 Å². The summed E-state index contributed by atoms with van der Waals surface area (Å²) in [5.41, 5.74) is 1.38. The van der Waals surface area contributed by atoms with E-state index in [0.29, 0.717) is 18.5 Å². The fourth-order valence-corrected chi connectivity index (χ4v) is 3.59. The van der Waals surface area contributed by atoms with Gasteiger partial charge in [0.25, 0.3) is 5.91 Å². The molecule has 2 amide bonds. The van der Waals surface area contributed by atoms with Crippen LogP contribution in [0.25, 0.3) is 0 Å². The van der Waals surface area contributed by atoms with Gasteiger partial charge in [0, 0.05) is 31.6 Å². The number of carbonyl (C=O) groups is 2. The monoisotopic (exact) mass is 308 g/mol. The first-order chi connectivity index (χ1) is 11.3. The van der Waals surface area contributed by atoms with E-state index in [-0.39, 0.29) is 23.9 Å². The highest BCUT2D eigenvalue weighted by molar-refractivity contribution is 6.00. The van der Waals surface area contributed by atoms with Gasteiger partial charge in [0.15, 0.2) is 0 Å². The minimum absolute atomic E-state index is 0.0346. The van der Waals surface area contributed by atoms with Crippen molar-refractivity contribution < 1.29 is 9.59 Å². The van der Waals surface area contributed by atoms with E-state index in [1.165, 1.54) is 0 Å². The molecule has 116 valence electrons. The molecule has 0 aromatic carbocycles. The number of hydrogen-bond donors (Lipinski definition) is 0. The third-order valence-electron chi connectivity index (χ3n) is 4.59. The fraction of sp³-hybridized carbons (Fsp3) is 0.294. The van der Waals surface area contributed by atoms with Crippen molar-refractivity contribution in [2.24, 2.45) is 0 Å². The predicted molar refractivity (Wildman–Crippen MR) is 83.8 cm³/mol. The molecule has 23 heavy (non-hydrogen) atoms. The molecular formula is C17H16N4O2. The fourth-order valence-electron chi connectivity index (χ4n) is 3.59. The lowest BCUT2D eigenvalue weighted by molar-refractivity contribution is -0.117. The SMILES string of the molecule is O=C(c1cccnc1)N1CC[C@@H]2[C@@H]1CC(=O)N2c1cccnc1. The summed E-state index contributed by atoms with van der Waals surface area (Å²) >= 11 is 0. The van der Waals surface area contributed by atoms with E-state index in [9.17, 15) is 9.59 Å². The highest BCUT2D eigenvalue weighted by atomic mass is 16.2. The van der Waals surface area contributed by atoms with Crippen LogP contribution in [0.2, 0.25) is 0 Å². The van der Waals surface area contributed by atoms with Gasteiger partial charge in [-0.3, -0.25) is 19.6 Å². The molecule has 0 unspecified atom stereocenters. The minimum atomic E-state index is -0.0737. The molecule has 6 nitrogen and oxygen atoms in total. The van der Waals surface area contributed by atoms with Crippen molar-refractivity contribution in [1.82, 2.24) is 14.9 Å². The van der Waals surface area contributed by atoms with E-state index < -0.39 is 0 Å². The Morgan fingerprint density at radius 3 is 2.57 bits per heavy atom. The Morgan fingerprint density at radius 1 is 1.09 bits per heavy atom. The maximum atomic E-state index is 12.7. The standard InChI is InChI=1S/C17H16N4O2/c22-16-9-15-14(21(16)13-4-2-7-19-11-13)5-8-20(15)17(23)12-3-1-6-18-10-12/h1-4,6-7,10-11,14-15H,5,8-9H2/t14-,15+/m1/s1. The molecule has 2 aliphatic heterocycles. The number of aromatic nitrogens is 2. The van der Waals surface area contributed by atoms with E-state index in [1.54, 1.807) is 41.8 Å². The Kier molecular flexibility index (Phi) is 3.29. The topological polar surface area (TPSA) is 66.4 Å². The van der Waals surface area contributed by atoms with Crippen LogP contribution >= 0.6 is 0 Å². The summed E-state index contributed by atoms with van der Waals surface area (Å²) in [6, 6.07) is 7.19. The van der Waals surface area contributed by atoms with Crippen molar-refractivity contribution in [3.63, 3.8) is 0 Å². The van der Waals surface area contributed by atoms with Crippen LogP contribution in [-0.2, 0) is 4.79 Å². The molecule has 2 fully saturated rings. The molecule has 2 saturated heterocycles. The number of fused-ring (bicyclic) bond motifs is 1. The molecule has 0 bridgehead atoms. The molecule has 2 aromatic rings. The van der Waals surface area contributed by atoms with Crippen molar-refractivity contribution in [3.8, 4) is 0 Å². The van der Waals surface area contributed by atoms with Gasteiger partial charge < -0.3 is 9.80 Å². The zero-order valence-corrected chi connectivity index (χ0v) is 12.5. The number of nitrogens with zero attached hydrogens (tertiary/aromatic N) is 4. The molecule has 4 heterocycles. The number of hydrogen-bond acceptors (Lipinski definition) is 4. The number of anilines is 1. The number of amides is 2. The Hall–Kier alpha value is -2.76. The molecule has 2 atom stereocenters. The van der Waals surface area contributed by atoms with Crippen LogP contribution < -0.4 is 4.90 Å². The molecule has 0 N–H and O–H groups in total. The first kappa shape index (κ1) is 13.9. The van der Waals surface area contributed by atoms with Crippen LogP contribution in [-0.4, -0.2) is 45.3 Å². The summed E-state index contributed by atoms with van der Waals surface area (Å²) in [6.07, 6.45) is 7.77. The zero-order chi connectivity index (χ0) is 15.8. The largest absolute Gasteiger partial charge is 0.333 e. The van der Waals surface area contributed by atoms with Gasteiger partial charge in [-0.2, -0.15) is 0 Å². The molecule has 0 aliphatic carbocycles. The number of likely N-dealkylation sites (tertiary alicyclic amines) is 1. The van der Waals surface area contributed by atoms with E-state index >= 15 is 0 Å². The van der Waals surface area contributed by atoms with Gasteiger partial charge in [-0.25, -0.2) is 0 Å². The number of rotatable bonds is 2. The van der Waals surface area contributed by atoms with Crippen LogP contribution in [0.5, 0.6) is 0 Å². The van der Waals surface area contributed by atoms with E-state index in [2.05, 4.69) is 9.97 Å².